The summed E-state index contributed by atoms with van der Waals surface area (Å²) < 4.78 is 28.5. The number of amides is 1. The summed E-state index contributed by atoms with van der Waals surface area (Å²) in [6.07, 6.45) is 1.80. The van der Waals surface area contributed by atoms with E-state index in [-0.39, 0.29) is 17.0 Å². The van der Waals surface area contributed by atoms with Crippen molar-refractivity contribution in [2.24, 2.45) is 5.10 Å². The van der Waals surface area contributed by atoms with Crippen LogP contribution in [-0.2, 0) is 21.2 Å². The molecule has 0 fully saturated rings. The van der Waals surface area contributed by atoms with Gasteiger partial charge in [-0.25, -0.2) is 18.6 Å². The van der Waals surface area contributed by atoms with Crippen LogP contribution in [0.1, 0.15) is 38.2 Å². The fourth-order valence-corrected chi connectivity index (χ4v) is 5.78. The zero-order chi connectivity index (χ0) is 26.3. The normalized spacial score (nSPS) is 11.7. The summed E-state index contributed by atoms with van der Waals surface area (Å²) in [4.78, 5) is 23.9. The zero-order valence-corrected chi connectivity index (χ0v) is 21.2. The number of carboxylic acid groups (broad SMARTS) is 1. The Kier molecular flexibility index (Phi) is 8.73. The first-order valence-corrected chi connectivity index (χ1v) is 12.8. The Bertz CT molecular complexity index is 1350. The van der Waals surface area contributed by atoms with Crippen LogP contribution in [0.2, 0.25) is 0 Å². The Hall–Kier alpha value is -3.82. The van der Waals surface area contributed by atoms with E-state index in [2.05, 4.69) is 10.5 Å². The van der Waals surface area contributed by atoms with Crippen molar-refractivity contribution in [3.8, 4) is 0 Å². The van der Waals surface area contributed by atoms with Gasteiger partial charge in [-0.3, -0.25) is 4.79 Å². The van der Waals surface area contributed by atoms with Gasteiger partial charge in [0.1, 0.15) is 0 Å². The molecule has 36 heavy (non-hydrogen) atoms. The summed E-state index contributed by atoms with van der Waals surface area (Å²) in [5, 5.41) is 12.9. The number of hydrazone groups is 1. The van der Waals surface area contributed by atoms with E-state index < -0.39 is 28.4 Å². The van der Waals surface area contributed by atoms with Gasteiger partial charge >= 0.3 is 5.97 Å². The topological polar surface area (TPSA) is 116 Å². The van der Waals surface area contributed by atoms with Gasteiger partial charge in [0.2, 0.25) is 10.0 Å². The lowest BCUT2D eigenvalue weighted by Gasteiger charge is -2.24. The molecule has 0 spiro atoms. The molecular weight excluding hydrogens is 478 g/mol. The lowest BCUT2D eigenvalue weighted by atomic mass is 10.1. The first-order chi connectivity index (χ1) is 17.1. The number of hydrogen-bond donors (Lipinski definition) is 2. The summed E-state index contributed by atoms with van der Waals surface area (Å²) in [7, 11) is -3.97. The second-order valence-corrected chi connectivity index (χ2v) is 10.4. The fourth-order valence-electron chi connectivity index (χ4n) is 3.97. The Balaban J connectivity index is 1.79. The van der Waals surface area contributed by atoms with Gasteiger partial charge in [-0.2, -0.15) is 9.41 Å². The molecule has 8 nitrogen and oxygen atoms in total. The maximum absolute atomic E-state index is 13.7. The quantitative estimate of drug-likeness (QED) is 0.321. The third-order valence-corrected chi connectivity index (χ3v) is 7.73. The molecule has 0 radical (unpaired) electrons. The maximum Gasteiger partial charge on any atom is 0.335 e. The van der Waals surface area contributed by atoms with Crippen molar-refractivity contribution < 1.29 is 23.1 Å². The number of nitrogens with one attached hydrogen (secondary N) is 1. The predicted octanol–water partition coefficient (Wildman–Crippen LogP) is 3.69. The molecule has 188 valence electrons. The molecular formula is C27H29N3O5S. The van der Waals surface area contributed by atoms with Crippen LogP contribution in [0, 0.1) is 20.8 Å². The van der Waals surface area contributed by atoms with Crippen LogP contribution in [0.3, 0.4) is 0 Å². The molecule has 2 N–H and O–H groups in total. The van der Waals surface area contributed by atoms with Crippen LogP contribution >= 0.6 is 0 Å². The first kappa shape index (κ1) is 26.8. The highest BCUT2D eigenvalue weighted by Crippen LogP contribution is 2.25. The molecule has 3 aromatic rings. The summed E-state index contributed by atoms with van der Waals surface area (Å²) in [5.74, 6) is -1.63. The Morgan fingerprint density at radius 3 is 2.17 bits per heavy atom. The van der Waals surface area contributed by atoms with Gasteiger partial charge in [-0.15, -0.1) is 0 Å². The minimum absolute atomic E-state index is 0.118. The van der Waals surface area contributed by atoms with Gasteiger partial charge in [0.15, 0.2) is 0 Å². The molecule has 0 saturated carbocycles. The van der Waals surface area contributed by atoms with E-state index in [1.807, 2.05) is 49.4 Å². The van der Waals surface area contributed by atoms with Crippen molar-refractivity contribution in [2.75, 3.05) is 13.1 Å². The van der Waals surface area contributed by atoms with Gasteiger partial charge in [0.25, 0.3) is 5.91 Å². The summed E-state index contributed by atoms with van der Waals surface area (Å²) in [6, 6.07) is 19.1. The molecule has 3 rings (SSSR count). The fraction of sp³-hybridized carbons (Fsp3) is 0.222. The molecule has 1 amide bonds. The molecule has 0 unspecified atom stereocenters. The molecule has 0 atom stereocenters. The second kappa shape index (κ2) is 11.7. The van der Waals surface area contributed by atoms with Gasteiger partial charge < -0.3 is 5.11 Å². The Morgan fingerprint density at radius 1 is 0.972 bits per heavy atom. The van der Waals surface area contributed by atoms with Crippen molar-refractivity contribution in [1.29, 1.82) is 0 Å². The summed E-state index contributed by atoms with van der Waals surface area (Å²) in [5.41, 5.74) is 6.26. The van der Waals surface area contributed by atoms with Crippen molar-refractivity contribution in [1.82, 2.24) is 9.73 Å². The van der Waals surface area contributed by atoms with E-state index in [0.717, 1.165) is 11.1 Å². The van der Waals surface area contributed by atoms with Crippen molar-refractivity contribution in [2.45, 2.75) is 32.1 Å². The largest absolute Gasteiger partial charge is 0.478 e. The molecule has 0 bridgehead atoms. The number of nitrogens with zero attached hydrogens (tertiary/aromatic N) is 2. The van der Waals surface area contributed by atoms with Crippen LogP contribution < -0.4 is 5.43 Å². The van der Waals surface area contributed by atoms with Gasteiger partial charge in [0.05, 0.1) is 23.2 Å². The molecule has 3 aromatic carbocycles. The molecule has 0 aromatic heterocycles. The van der Waals surface area contributed by atoms with E-state index in [1.165, 1.54) is 22.7 Å². The Morgan fingerprint density at radius 2 is 1.58 bits per heavy atom. The monoisotopic (exact) mass is 507 g/mol. The lowest BCUT2D eigenvalue weighted by molar-refractivity contribution is -0.121. The van der Waals surface area contributed by atoms with Crippen LogP contribution in [-0.4, -0.2) is 49.0 Å². The van der Waals surface area contributed by atoms with Crippen molar-refractivity contribution >= 4 is 28.1 Å². The first-order valence-electron chi connectivity index (χ1n) is 11.3. The zero-order valence-electron chi connectivity index (χ0n) is 20.4. The number of hydrogen-bond acceptors (Lipinski definition) is 5. The molecule has 0 aliphatic carbocycles. The maximum atomic E-state index is 13.7. The smallest absolute Gasteiger partial charge is 0.335 e. The van der Waals surface area contributed by atoms with E-state index in [0.29, 0.717) is 23.1 Å². The molecule has 0 aliphatic rings. The van der Waals surface area contributed by atoms with E-state index in [4.69, 9.17) is 5.11 Å². The van der Waals surface area contributed by atoms with Crippen LogP contribution in [0.15, 0.2) is 76.7 Å². The van der Waals surface area contributed by atoms with Crippen LogP contribution in [0.5, 0.6) is 0 Å². The second-order valence-electron chi connectivity index (χ2n) is 8.52. The number of benzene rings is 3. The number of aromatic carboxylic acids is 1. The number of carbonyl (C=O) groups excluding carboxylic acids is 1. The van der Waals surface area contributed by atoms with Crippen LogP contribution in [0.4, 0.5) is 0 Å². The van der Waals surface area contributed by atoms with Crippen molar-refractivity contribution in [3.63, 3.8) is 0 Å². The van der Waals surface area contributed by atoms with Gasteiger partial charge in [-0.05, 0) is 61.6 Å². The number of sulfonamides is 1. The van der Waals surface area contributed by atoms with E-state index in [1.54, 1.807) is 26.0 Å². The molecule has 0 aliphatic heterocycles. The third kappa shape index (κ3) is 6.87. The number of carboxylic acids is 1. The minimum Gasteiger partial charge on any atom is -0.478 e. The number of rotatable bonds is 10. The highest BCUT2D eigenvalue weighted by Gasteiger charge is 2.29. The lowest BCUT2D eigenvalue weighted by Crippen LogP contribution is -2.41. The summed E-state index contributed by atoms with van der Waals surface area (Å²) >= 11 is 0. The number of carbonyl (C=O) groups is 2. The standard InChI is InChI=1S/C27H29N3O5S/c1-19-15-20(2)26(21(3)16-19)36(34,35)30(14-13-22-7-5-4-6-8-22)18-25(31)29-28-17-23-9-11-24(12-10-23)27(32)33/h4-12,15-17H,13-14,18H2,1-3H3,(H,29,31)(H,32,33)/b28-17+. The van der Waals surface area contributed by atoms with E-state index in [9.17, 15) is 18.0 Å². The highest BCUT2D eigenvalue weighted by atomic mass is 32.2. The van der Waals surface area contributed by atoms with E-state index >= 15 is 0 Å². The molecule has 9 heteroatoms. The SMILES string of the molecule is Cc1cc(C)c(S(=O)(=O)N(CCc2ccccc2)CC(=O)N/N=C/c2ccc(C(=O)O)cc2)c(C)c1. The number of aryl methyl sites for hydroxylation is 3. The average Bonchev–Trinajstić information content (AvgIpc) is 2.81. The molecule has 0 heterocycles. The van der Waals surface area contributed by atoms with Gasteiger partial charge in [-0.1, -0.05) is 60.2 Å². The summed E-state index contributed by atoms with van der Waals surface area (Å²) in [6.45, 7) is 5.12. The highest BCUT2D eigenvalue weighted by molar-refractivity contribution is 7.89. The average molecular weight is 508 g/mol. The Labute approximate surface area is 211 Å². The third-order valence-electron chi connectivity index (χ3n) is 5.58. The molecule has 0 saturated heterocycles. The predicted molar refractivity (Wildman–Crippen MR) is 139 cm³/mol. The van der Waals surface area contributed by atoms with Crippen molar-refractivity contribution in [3.05, 3.63) is 100 Å². The van der Waals surface area contributed by atoms with Gasteiger partial charge in [0, 0.05) is 6.54 Å². The van der Waals surface area contributed by atoms with Crippen LogP contribution in [0.25, 0.3) is 0 Å². The minimum atomic E-state index is -3.97.